The van der Waals surface area contributed by atoms with Crippen molar-refractivity contribution in [3.63, 3.8) is 0 Å². The van der Waals surface area contributed by atoms with Crippen LogP contribution in [0.4, 0.5) is 8.78 Å². The Bertz CT molecular complexity index is 683. The van der Waals surface area contributed by atoms with Crippen molar-refractivity contribution in [2.45, 2.75) is 33.2 Å². The number of hydrogen-bond acceptors (Lipinski definition) is 2. The van der Waals surface area contributed by atoms with Crippen LogP contribution in [-0.2, 0) is 24.2 Å². The maximum atomic E-state index is 13.6. The lowest BCUT2D eigenvalue weighted by molar-refractivity contribution is -0.117. The van der Waals surface area contributed by atoms with Gasteiger partial charge in [0.1, 0.15) is 5.78 Å². The summed E-state index contributed by atoms with van der Waals surface area (Å²) in [5, 5.41) is 4.67. The molecule has 0 aliphatic heterocycles. The fourth-order valence-corrected chi connectivity index (χ4v) is 2.39. The smallest absolute Gasteiger partial charge is 0.162 e. The van der Waals surface area contributed by atoms with E-state index in [1.54, 1.807) is 11.6 Å². The molecule has 0 unspecified atom stereocenters. The molecule has 2 rings (SSSR count). The molecule has 0 bridgehead atoms. The highest BCUT2D eigenvalue weighted by atomic mass is 35.5. The first-order valence-electron chi connectivity index (χ1n) is 6.60. The van der Waals surface area contributed by atoms with Gasteiger partial charge >= 0.3 is 0 Å². The minimum absolute atomic E-state index is 0.0451. The summed E-state index contributed by atoms with van der Waals surface area (Å²) in [6.07, 6.45) is -0.128. The summed E-state index contributed by atoms with van der Waals surface area (Å²) in [5.41, 5.74) is 1.31. The lowest BCUT2D eigenvalue weighted by Gasteiger charge is -2.06. The number of carbonyl (C=O) groups is 1. The summed E-state index contributed by atoms with van der Waals surface area (Å²) in [6.45, 7) is 4.24. The molecule has 2 aromatic rings. The lowest BCUT2D eigenvalue weighted by Crippen LogP contribution is -2.13. The van der Waals surface area contributed by atoms with Crippen LogP contribution in [0.3, 0.4) is 0 Å². The topological polar surface area (TPSA) is 34.9 Å². The van der Waals surface area contributed by atoms with Crippen LogP contribution in [0.5, 0.6) is 0 Å². The van der Waals surface area contributed by atoms with E-state index >= 15 is 0 Å². The summed E-state index contributed by atoms with van der Waals surface area (Å²) < 4.78 is 28.3. The first-order valence-corrected chi connectivity index (χ1v) is 6.98. The van der Waals surface area contributed by atoms with Crippen LogP contribution in [-0.4, -0.2) is 15.6 Å². The molecule has 0 saturated heterocycles. The molecule has 1 heterocycles. The number of rotatable bonds is 5. The predicted molar refractivity (Wildman–Crippen MR) is 76.4 cm³/mol. The molecule has 0 aliphatic carbocycles. The Morgan fingerprint density at radius 2 is 2.05 bits per heavy atom. The van der Waals surface area contributed by atoms with Gasteiger partial charge < -0.3 is 0 Å². The van der Waals surface area contributed by atoms with Crippen molar-refractivity contribution in [2.75, 3.05) is 0 Å². The largest absolute Gasteiger partial charge is 0.299 e. The number of ketones is 1. The van der Waals surface area contributed by atoms with Crippen molar-refractivity contribution in [1.29, 1.82) is 0 Å². The Labute approximate surface area is 126 Å². The molecule has 1 aromatic carbocycles. The molecule has 1 aromatic heterocycles. The second-order valence-corrected chi connectivity index (χ2v) is 5.14. The normalized spacial score (nSPS) is 10.9. The van der Waals surface area contributed by atoms with Crippen molar-refractivity contribution >= 4 is 17.4 Å². The van der Waals surface area contributed by atoms with Gasteiger partial charge in [-0.3, -0.25) is 9.48 Å². The third-order valence-corrected chi connectivity index (χ3v) is 3.73. The van der Waals surface area contributed by atoms with Gasteiger partial charge in [-0.25, -0.2) is 8.78 Å². The first kappa shape index (κ1) is 15.6. The SMILES string of the molecule is CCn1nc(C)c(Cl)c1CC(=O)Cc1cccc(F)c1F. The second-order valence-electron chi connectivity index (χ2n) is 4.77. The van der Waals surface area contributed by atoms with Crippen LogP contribution < -0.4 is 0 Å². The van der Waals surface area contributed by atoms with Gasteiger partial charge in [-0.15, -0.1) is 0 Å². The van der Waals surface area contributed by atoms with E-state index in [1.807, 2.05) is 6.92 Å². The lowest BCUT2D eigenvalue weighted by atomic mass is 10.0. The van der Waals surface area contributed by atoms with Crippen LogP contribution in [0.15, 0.2) is 18.2 Å². The number of aryl methyl sites for hydroxylation is 2. The number of halogens is 3. The molecule has 0 atom stereocenters. The monoisotopic (exact) mass is 312 g/mol. The highest BCUT2D eigenvalue weighted by Crippen LogP contribution is 2.22. The van der Waals surface area contributed by atoms with Crippen molar-refractivity contribution in [3.05, 3.63) is 51.8 Å². The van der Waals surface area contributed by atoms with Gasteiger partial charge in [0, 0.05) is 13.0 Å². The zero-order chi connectivity index (χ0) is 15.6. The zero-order valence-corrected chi connectivity index (χ0v) is 12.5. The standard InChI is InChI=1S/C15H15ClF2N2O/c1-3-20-13(14(16)9(2)19-20)8-11(21)7-10-5-4-6-12(17)15(10)18/h4-6H,3,7-8H2,1-2H3. The molecule has 0 N–H and O–H groups in total. The average Bonchev–Trinajstić information content (AvgIpc) is 2.71. The number of carbonyl (C=O) groups excluding carboxylic acids is 1. The van der Waals surface area contributed by atoms with E-state index in [9.17, 15) is 13.6 Å². The zero-order valence-electron chi connectivity index (χ0n) is 11.8. The maximum Gasteiger partial charge on any atom is 0.162 e. The van der Waals surface area contributed by atoms with Gasteiger partial charge in [-0.1, -0.05) is 23.7 Å². The van der Waals surface area contributed by atoms with E-state index in [4.69, 9.17) is 11.6 Å². The maximum absolute atomic E-state index is 13.6. The van der Waals surface area contributed by atoms with Crippen molar-refractivity contribution in [3.8, 4) is 0 Å². The molecule has 0 aliphatic rings. The number of nitrogens with zero attached hydrogens (tertiary/aromatic N) is 2. The van der Waals surface area contributed by atoms with Crippen LogP contribution in [0.2, 0.25) is 5.02 Å². The Balaban J connectivity index is 2.17. The van der Waals surface area contributed by atoms with Crippen molar-refractivity contribution in [2.24, 2.45) is 0 Å². The first-order chi connectivity index (χ1) is 9.93. The number of hydrogen-bond donors (Lipinski definition) is 0. The van der Waals surface area contributed by atoms with E-state index in [0.717, 1.165) is 6.07 Å². The number of aromatic nitrogens is 2. The molecule has 0 radical (unpaired) electrons. The summed E-state index contributed by atoms with van der Waals surface area (Å²) >= 11 is 6.13. The Morgan fingerprint density at radius 3 is 2.71 bits per heavy atom. The van der Waals surface area contributed by atoms with Crippen LogP contribution in [0, 0.1) is 18.6 Å². The van der Waals surface area contributed by atoms with E-state index in [1.165, 1.54) is 12.1 Å². The minimum Gasteiger partial charge on any atom is -0.299 e. The van der Waals surface area contributed by atoms with E-state index in [0.29, 0.717) is 23.0 Å². The van der Waals surface area contributed by atoms with Gasteiger partial charge in [0.15, 0.2) is 11.6 Å². The van der Waals surface area contributed by atoms with Gasteiger partial charge in [0.2, 0.25) is 0 Å². The summed E-state index contributed by atoms with van der Waals surface area (Å²) in [6, 6.07) is 3.81. The minimum atomic E-state index is -0.975. The van der Waals surface area contributed by atoms with Gasteiger partial charge in [-0.2, -0.15) is 5.10 Å². The summed E-state index contributed by atoms with van der Waals surface area (Å²) in [5.74, 6) is -2.17. The molecular weight excluding hydrogens is 298 g/mol. The summed E-state index contributed by atoms with van der Waals surface area (Å²) in [7, 11) is 0. The highest BCUT2D eigenvalue weighted by molar-refractivity contribution is 6.32. The molecule has 3 nitrogen and oxygen atoms in total. The van der Waals surface area contributed by atoms with E-state index in [2.05, 4.69) is 5.10 Å². The molecule has 112 valence electrons. The Morgan fingerprint density at radius 1 is 1.33 bits per heavy atom. The van der Waals surface area contributed by atoms with Gasteiger partial charge in [0.05, 0.1) is 22.8 Å². The van der Waals surface area contributed by atoms with E-state index in [-0.39, 0.29) is 24.2 Å². The number of benzene rings is 1. The molecule has 0 amide bonds. The molecular formula is C15H15ClF2N2O. The average molecular weight is 313 g/mol. The highest BCUT2D eigenvalue weighted by Gasteiger charge is 2.18. The molecule has 21 heavy (non-hydrogen) atoms. The molecule has 0 fully saturated rings. The predicted octanol–water partition coefficient (Wildman–Crippen LogP) is 3.50. The van der Waals surface area contributed by atoms with Gasteiger partial charge in [-0.05, 0) is 25.5 Å². The second kappa shape index (κ2) is 6.35. The third-order valence-electron chi connectivity index (χ3n) is 3.24. The summed E-state index contributed by atoms with van der Waals surface area (Å²) in [4.78, 5) is 12.1. The number of Topliss-reactive ketones (excluding diaryl/α,β-unsaturated/α-hetero) is 1. The van der Waals surface area contributed by atoms with Crippen LogP contribution in [0.25, 0.3) is 0 Å². The quantitative estimate of drug-likeness (QED) is 0.847. The Hall–Kier alpha value is -1.75. The van der Waals surface area contributed by atoms with Crippen LogP contribution >= 0.6 is 11.6 Å². The van der Waals surface area contributed by atoms with Crippen molar-refractivity contribution in [1.82, 2.24) is 9.78 Å². The Kier molecular flexibility index (Phi) is 4.73. The fourth-order valence-electron chi connectivity index (χ4n) is 2.18. The molecule has 0 saturated carbocycles. The third kappa shape index (κ3) is 3.29. The molecule has 0 spiro atoms. The van der Waals surface area contributed by atoms with Crippen LogP contribution in [0.1, 0.15) is 23.9 Å². The van der Waals surface area contributed by atoms with Crippen molar-refractivity contribution < 1.29 is 13.6 Å². The molecule has 6 heteroatoms. The fraction of sp³-hybridized carbons (Fsp3) is 0.333. The van der Waals surface area contributed by atoms with E-state index < -0.39 is 11.6 Å². The van der Waals surface area contributed by atoms with Gasteiger partial charge in [0.25, 0.3) is 0 Å².